The Bertz CT molecular complexity index is 400. The fourth-order valence-corrected chi connectivity index (χ4v) is 2.79. The van der Waals surface area contributed by atoms with Gasteiger partial charge in [0.25, 0.3) is 0 Å². The highest BCUT2D eigenvalue weighted by molar-refractivity contribution is 5.16. The molecule has 1 aliphatic rings. The Balaban J connectivity index is 1.88. The van der Waals surface area contributed by atoms with Gasteiger partial charge < -0.3 is 9.84 Å². The van der Waals surface area contributed by atoms with Crippen LogP contribution in [0.5, 0.6) is 0 Å². The summed E-state index contributed by atoms with van der Waals surface area (Å²) < 4.78 is 18.8. The lowest BCUT2D eigenvalue weighted by atomic mass is 9.93. The average Bonchev–Trinajstić information content (AvgIpc) is 2.70. The summed E-state index contributed by atoms with van der Waals surface area (Å²) in [5, 5.41) is 9.50. The number of rotatable bonds is 5. The van der Waals surface area contributed by atoms with Gasteiger partial charge in [-0.1, -0.05) is 12.1 Å². The Morgan fingerprint density at radius 2 is 2.05 bits per heavy atom. The van der Waals surface area contributed by atoms with Crippen molar-refractivity contribution in [3.05, 3.63) is 35.6 Å². The van der Waals surface area contributed by atoms with Crippen molar-refractivity contribution < 1.29 is 14.2 Å². The van der Waals surface area contributed by atoms with E-state index >= 15 is 0 Å². The molecule has 2 rings (SSSR count). The summed E-state index contributed by atoms with van der Waals surface area (Å²) in [6, 6.07) is 6.52. The number of benzene rings is 1. The summed E-state index contributed by atoms with van der Waals surface area (Å²) in [5.41, 5.74) is 1.04. The van der Waals surface area contributed by atoms with E-state index in [0.717, 1.165) is 31.2 Å². The number of halogens is 1. The molecule has 1 heterocycles. The van der Waals surface area contributed by atoms with Gasteiger partial charge in [0.2, 0.25) is 0 Å². The van der Waals surface area contributed by atoms with E-state index in [2.05, 4.69) is 13.8 Å². The second kappa shape index (κ2) is 6.02. The summed E-state index contributed by atoms with van der Waals surface area (Å²) in [6.45, 7) is 4.37. The van der Waals surface area contributed by atoms with Crippen LogP contribution in [0.2, 0.25) is 0 Å². The molecule has 1 fully saturated rings. The van der Waals surface area contributed by atoms with Crippen LogP contribution in [0.25, 0.3) is 0 Å². The highest BCUT2D eigenvalue weighted by atomic mass is 19.1. The maximum absolute atomic E-state index is 12.8. The second-order valence-corrected chi connectivity index (χ2v) is 6.15. The largest absolute Gasteiger partial charge is 0.396 e. The summed E-state index contributed by atoms with van der Waals surface area (Å²) in [5.74, 6) is -0.0328. The van der Waals surface area contributed by atoms with Gasteiger partial charge in [-0.05, 0) is 63.1 Å². The molecule has 0 amide bonds. The molecule has 2 atom stereocenters. The Hall–Kier alpha value is -0.930. The number of aliphatic hydroxyl groups is 1. The fraction of sp³-hybridized carbons (Fsp3) is 0.625. The summed E-state index contributed by atoms with van der Waals surface area (Å²) in [4.78, 5) is 0. The van der Waals surface area contributed by atoms with Gasteiger partial charge in [0.15, 0.2) is 0 Å². The molecule has 1 aromatic carbocycles. The van der Waals surface area contributed by atoms with E-state index in [1.807, 2.05) is 0 Å². The van der Waals surface area contributed by atoms with E-state index in [0.29, 0.717) is 0 Å². The van der Waals surface area contributed by atoms with Gasteiger partial charge in [0, 0.05) is 6.61 Å². The Kier molecular flexibility index (Phi) is 4.58. The van der Waals surface area contributed by atoms with Crippen LogP contribution in [0, 0.1) is 11.7 Å². The lowest BCUT2D eigenvalue weighted by Crippen LogP contribution is -2.23. The van der Waals surface area contributed by atoms with E-state index in [9.17, 15) is 9.50 Å². The molecule has 2 unspecified atom stereocenters. The molecule has 0 saturated carbocycles. The van der Waals surface area contributed by atoms with Crippen LogP contribution < -0.4 is 0 Å². The lowest BCUT2D eigenvalue weighted by molar-refractivity contribution is -0.0276. The highest BCUT2D eigenvalue weighted by Gasteiger charge is 2.32. The third kappa shape index (κ3) is 4.29. The van der Waals surface area contributed by atoms with Crippen LogP contribution in [-0.2, 0) is 11.2 Å². The van der Waals surface area contributed by atoms with Gasteiger partial charge in [-0.2, -0.15) is 0 Å². The van der Waals surface area contributed by atoms with E-state index in [1.165, 1.54) is 12.1 Å². The van der Waals surface area contributed by atoms with Gasteiger partial charge in [-0.25, -0.2) is 4.39 Å². The zero-order chi connectivity index (χ0) is 13.9. The number of aliphatic hydroxyl groups excluding tert-OH is 1. The normalized spacial score (nSPS) is 23.5. The van der Waals surface area contributed by atoms with Crippen LogP contribution in [0.3, 0.4) is 0 Å². The average molecular weight is 266 g/mol. The van der Waals surface area contributed by atoms with Gasteiger partial charge in [0.05, 0.1) is 11.7 Å². The molecule has 2 nitrogen and oxygen atoms in total. The maximum Gasteiger partial charge on any atom is 0.123 e. The van der Waals surface area contributed by atoms with Crippen LogP contribution in [-0.4, -0.2) is 23.4 Å². The van der Waals surface area contributed by atoms with Crippen molar-refractivity contribution in [2.75, 3.05) is 6.61 Å². The summed E-state index contributed by atoms with van der Waals surface area (Å²) in [6.07, 6.45) is 4.03. The fourth-order valence-electron chi connectivity index (χ4n) is 2.79. The van der Waals surface area contributed by atoms with E-state index < -0.39 is 0 Å². The maximum atomic E-state index is 12.8. The third-order valence-electron chi connectivity index (χ3n) is 3.85. The summed E-state index contributed by atoms with van der Waals surface area (Å²) >= 11 is 0. The summed E-state index contributed by atoms with van der Waals surface area (Å²) in [7, 11) is 0. The number of ether oxygens (including phenoxy) is 1. The topological polar surface area (TPSA) is 29.5 Å². The molecule has 1 aromatic rings. The van der Waals surface area contributed by atoms with Crippen LogP contribution in [0.15, 0.2) is 24.3 Å². The minimum absolute atomic E-state index is 0.0272. The second-order valence-electron chi connectivity index (χ2n) is 6.15. The first kappa shape index (κ1) is 14.5. The monoisotopic (exact) mass is 266 g/mol. The quantitative estimate of drug-likeness (QED) is 0.886. The Morgan fingerprint density at radius 1 is 1.37 bits per heavy atom. The van der Waals surface area contributed by atoms with Crippen molar-refractivity contribution in [3.8, 4) is 0 Å². The van der Waals surface area contributed by atoms with E-state index in [1.54, 1.807) is 12.1 Å². The van der Waals surface area contributed by atoms with Crippen molar-refractivity contribution in [2.45, 2.75) is 51.2 Å². The minimum Gasteiger partial charge on any atom is -0.396 e. The van der Waals surface area contributed by atoms with Crippen LogP contribution >= 0.6 is 0 Å². The van der Waals surface area contributed by atoms with Gasteiger partial charge in [0.1, 0.15) is 5.82 Å². The lowest BCUT2D eigenvalue weighted by Gasteiger charge is -2.22. The molecule has 0 aromatic heterocycles. The molecule has 1 N–H and O–H groups in total. The molecular weight excluding hydrogens is 243 g/mol. The van der Waals surface area contributed by atoms with Gasteiger partial charge in [-0.3, -0.25) is 0 Å². The third-order valence-corrected chi connectivity index (χ3v) is 3.85. The van der Waals surface area contributed by atoms with Crippen LogP contribution in [0.1, 0.15) is 38.7 Å². The van der Waals surface area contributed by atoms with Gasteiger partial charge >= 0.3 is 0 Å². The molecule has 1 saturated heterocycles. The molecule has 106 valence electrons. The standard InChI is InChI=1S/C16H23FO2/c1-16(2)8-7-15(19-16)10-13(11-18)9-12-3-5-14(17)6-4-12/h3-6,13,15,18H,7-11H2,1-2H3. The molecule has 19 heavy (non-hydrogen) atoms. The first-order chi connectivity index (χ1) is 8.98. The van der Waals surface area contributed by atoms with E-state index in [4.69, 9.17) is 4.74 Å². The number of hydrogen-bond donors (Lipinski definition) is 1. The van der Waals surface area contributed by atoms with Crippen molar-refractivity contribution in [1.29, 1.82) is 0 Å². The molecule has 0 aliphatic carbocycles. The molecule has 0 spiro atoms. The SMILES string of the molecule is CC1(C)CCC(CC(CO)Cc2ccc(F)cc2)O1. The number of hydrogen-bond acceptors (Lipinski definition) is 2. The zero-order valence-electron chi connectivity index (χ0n) is 11.7. The Labute approximate surface area is 114 Å². The first-order valence-electron chi connectivity index (χ1n) is 7.01. The predicted molar refractivity (Wildman–Crippen MR) is 73.5 cm³/mol. The van der Waals surface area contributed by atoms with Crippen molar-refractivity contribution >= 4 is 0 Å². The molecule has 0 bridgehead atoms. The van der Waals surface area contributed by atoms with E-state index in [-0.39, 0.29) is 30.0 Å². The zero-order valence-corrected chi connectivity index (χ0v) is 11.7. The molecule has 0 radical (unpaired) electrons. The first-order valence-corrected chi connectivity index (χ1v) is 7.01. The smallest absolute Gasteiger partial charge is 0.123 e. The van der Waals surface area contributed by atoms with Crippen LogP contribution in [0.4, 0.5) is 4.39 Å². The molecule has 3 heteroatoms. The van der Waals surface area contributed by atoms with Crippen molar-refractivity contribution in [2.24, 2.45) is 5.92 Å². The minimum atomic E-state index is -0.217. The highest BCUT2D eigenvalue weighted by Crippen LogP contribution is 2.33. The Morgan fingerprint density at radius 3 is 2.58 bits per heavy atom. The molecular formula is C16H23FO2. The predicted octanol–water partition coefficient (Wildman–Crippen LogP) is 3.32. The van der Waals surface area contributed by atoms with Gasteiger partial charge in [-0.15, -0.1) is 0 Å². The van der Waals surface area contributed by atoms with Crippen molar-refractivity contribution in [1.82, 2.24) is 0 Å². The molecule has 1 aliphatic heterocycles. The van der Waals surface area contributed by atoms with Crippen molar-refractivity contribution in [3.63, 3.8) is 0 Å².